The molecule has 1 rings (SSSR count). The van der Waals surface area contributed by atoms with Crippen LogP contribution in [-0.4, -0.2) is 6.61 Å². The molecule has 0 radical (unpaired) electrons. The Kier molecular flexibility index (Phi) is 6.06. The Morgan fingerprint density at radius 3 is 2.29 bits per heavy atom. The molecule has 0 amide bonds. The Hall–Kier alpha value is -1.02. The average molecular weight is 235 g/mol. The predicted octanol–water partition coefficient (Wildman–Crippen LogP) is 3.91. The lowest BCUT2D eigenvalue weighted by atomic mass is 9.92. The summed E-state index contributed by atoms with van der Waals surface area (Å²) in [6, 6.07) is 8.34. The van der Waals surface area contributed by atoms with Gasteiger partial charge in [-0.3, -0.25) is 0 Å². The molecule has 2 heteroatoms. The highest BCUT2D eigenvalue weighted by molar-refractivity contribution is 5.29. The molecule has 1 aromatic rings. The van der Waals surface area contributed by atoms with E-state index in [1.807, 2.05) is 12.1 Å². The van der Waals surface area contributed by atoms with Gasteiger partial charge in [0.2, 0.25) is 0 Å². The van der Waals surface area contributed by atoms with E-state index in [4.69, 9.17) is 10.5 Å². The van der Waals surface area contributed by atoms with Crippen molar-refractivity contribution in [3.05, 3.63) is 29.8 Å². The van der Waals surface area contributed by atoms with Gasteiger partial charge in [0, 0.05) is 6.04 Å². The average Bonchev–Trinajstić information content (AvgIpc) is 2.36. The van der Waals surface area contributed by atoms with E-state index in [9.17, 15) is 0 Å². The van der Waals surface area contributed by atoms with E-state index >= 15 is 0 Å². The van der Waals surface area contributed by atoms with Gasteiger partial charge in [0.15, 0.2) is 0 Å². The molecule has 1 aromatic carbocycles. The summed E-state index contributed by atoms with van der Waals surface area (Å²) in [4.78, 5) is 0. The van der Waals surface area contributed by atoms with E-state index in [1.165, 1.54) is 18.4 Å². The molecule has 0 heterocycles. The predicted molar refractivity (Wildman–Crippen MR) is 73.2 cm³/mol. The maximum atomic E-state index is 6.23. The highest BCUT2D eigenvalue weighted by Gasteiger charge is 2.13. The monoisotopic (exact) mass is 235 g/mol. The summed E-state index contributed by atoms with van der Waals surface area (Å²) in [5.74, 6) is 1.47. The van der Waals surface area contributed by atoms with Crippen LogP contribution in [0.4, 0.5) is 0 Å². The van der Waals surface area contributed by atoms with Crippen LogP contribution in [-0.2, 0) is 0 Å². The molecule has 2 N–H and O–H groups in total. The first-order chi connectivity index (χ1) is 8.19. The van der Waals surface area contributed by atoms with Gasteiger partial charge in [0.1, 0.15) is 5.75 Å². The Balaban J connectivity index is 2.60. The molecule has 96 valence electrons. The van der Waals surface area contributed by atoms with Gasteiger partial charge in [0.05, 0.1) is 6.61 Å². The summed E-state index contributed by atoms with van der Waals surface area (Å²) in [6.45, 7) is 7.30. The summed E-state index contributed by atoms with van der Waals surface area (Å²) < 4.78 is 5.56. The zero-order valence-electron chi connectivity index (χ0n) is 11.3. The third-order valence-corrected chi connectivity index (χ3v) is 3.09. The fourth-order valence-electron chi connectivity index (χ4n) is 1.97. The Labute approximate surface area is 105 Å². The van der Waals surface area contributed by atoms with Crippen molar-refractivity contribution in [2.24, 2.45) is 11.7 Å². The van der Waals surface area contributed by atoms with Crippen LogP contribution < -0.4 is 10.5 Å². The van der Waals surface area contributed by atoms with Crippen LogP contribution in [0.25, 0.3) is 0 Å². The molecule has 0 saturated carbocycles. The number of nitrogens with two attached hydrogens (primary N) is 1. The summed E-state index contributed by atoms with van der Waals surface area (Å²) in [5.41, 5.74) is 7.44. The Bertz CT molecular complexity index is 307. The summed E-state index contributed by atoms with van der Waals surface area (Å²) in [7, 11) is 0. The van der Waals surface area contributed by atoms with E-state index in [2.05, 4.69) is 32.9 Å². The standard InChI is InChI=1S/C15H25NO/c1-4-6-12(3)15(16)13-7-9-14(10-8-13)17-11-5-2/h7-10,12,15H,4-6,11,16H2,1-3H3. The number of benzene rings is 1. The molecule has 0 aliphatic carbocycles. The summed E-state index contributed by atoms with van der Waals surface area (Å²) in [5, 5.41) is 0. The quantitative estimate of drug-likeness (QED) is 0.777. The Morgan fingerprint density at radius 2 is 1.76 bits per heavy atom. The van der Waals surface area contributed by atoms with E-state index in [1.54, 1.807) is 0 Å². The fourth-order valence-corrected chi connectivity index (χ4v) is 1.97. The minimum Gasteiger partial charge on any atom is -0.494 e. The molecule has 2 unspecified atom stereocenters. The lowest BCUT2D eigenvalue weighted by Gasteiger charge is -2.20. The highest BCUT2D eigenvalue weighted by atomic mass is 16.5. The van der Waals surface area contributed by atoms with Crippen molar-refractivity contribution < 1.29 is 4.74 Å². The third kappa shape index (κ3) is 4.39. The van der Waals surface area contributed by atoms with Gasteiger partial charge in [-0.1, -0.05) is 39.3 Å². The SMILES string of the molecule is CCCOc1ccc(C(N)C(C)CCC)cc1. The van der Waals surface area contributed by atoms with Crippen LogP contribution in [0.15, 0.2) is 24.3 Å². The smallest absolute Gasteiger partial charge is 0.119 e. The van der Waals surface area contributed by atoms with Crippen LogP contribution in [0.3, 0.4) is 0 Å². The first kappa shape index (κ1) is 14.0. The molecule has 0 bridgehead atoms. The minimum absolute atomic E-state index is 0.134. The molecule has 0 spiro atoms. The van der Waals surface area contributed by atoms with Gasteiger partial charge in [-0.25, -0.2) is 0 Å². The zero-order chi connectivity index (χ0) is 12.7. The molecule has 0 aliphatic heterocycles. The first-order valence-corrected chi connectivity index (χ1v) is 6.67. The molecule has 0 aromatic heterocycles. The fraction of sp³-hybridized carbons (Fsp3) is 0.600. The van der Waals surface area contributed by atoms with Crippen molar-refractivity contribution >= 4 is 0 Å². The van der Waals surface area contributed by atoms with Crippen LogP contribution in [0.5, 0.6) is 5.75 Å². The molecule has 2 atom stereocenters. The van der Waals surface area contributed by atoms with E-state index in [0.717, 1.165) is 18.8 Å². The second kappa shape index (κ2) is 7.33. The molecule has 0 saturated heterocycles. The number of rotatable bonds is 7. The zero-order valence-corrected chi connectivity index (χ0v) is 11.3. The van der Waals surface area contributed by atoms with Crippen molar-refractivity contribution in [1.29, 1.82) is 0 Å². The topological polar surface area (TPSA) is 35.2 Å². The molecular weight excluding hydrogens is 210 g/mol. The van der Waals surface area contributed by atoms with Gasteiger partial charge < -0.3 is 10.5 Å². The number of hydrogen-bond donors (Lipinski definition) is 1. The molecule has 17 heavy (non-hydrogen) atoms. The van der Waals surface area contributed by atoms with Gasteiger partial charge >= 0.3 is 0 Å². The second-order valence-electron chi connectivity index (χ2n) is 4.71. The van der Waals surface area contributed by atoms with Crippen LogP contribution in [0.1, 0.15) is 51.6 Å². The van der Waals surface area contributed by atoms with Gasteiger partial charge in [-0.15, -0.1) is 0 Å². The van der Waals surface area contributed by atoms with Gasteiger partial charge in [-0.05, 0) is 36.5 Å². The van der Waals surface area contributed by atoms with E-state index in [-0.39, 0.29) is 6.04 Å². The lowest BCUT2D eigenvalue weighted by Crippen LogP contribution is -2.18. The van der Waals surface area contributed by atoms with Crippen molar-refractivity contribution in [2.45, 2.75) is 46.1 Å². The van der Waals surface area contributed by atoms with E-state index in [0.29, 0.717) is 5.92 Å². The lowest BCUT2D eigenvalue weighted by molar-refractivity contribution is 0.317. The first-order valence-electron chi connectivity index (χ1n) is 6.67. The van der Waals surface area contributed by atoms with Crippen molar-refractivity contribution in [2.75, 3.05) is 6.61 Å². The maximum Gasteiger partial charge on any atom is 0.119 e. The third-order valence-electron chi connectivity index (χ3n) is 3.09. The Morgan fingerprint density at radius 1 is 1.12 bits per heavy atom. The minimum atomic E-state index is 0.134. The van der Waals surface area contributed by atoms with Crippen LogP contribution >= 0.6 is 0 Å². The molecule has 0 fully saturated rings. The van der Waals surface area contributed by atoms with Crippen molar-refractivity contribution in [1.82, 2.24) is 0 Å². The normalized spacial score (nSPS) is 14.4. The molecule has 2 nitrogen and oxygen atoms in total. The van der Waals surface area contributed by atoms with Crippen LogP contribution in [0, 0.1) is 5.92 Å². The second-order valence-corrected chi connectivity index (χ2v) is 4.71. The van der Waals surface area contributed by atoms with E-state index < -0.39 is 0 Å². The largest absolute Gasteiger partial charge is 0.494 e. The maximum absolute atomic E-state index is 6.23. The highest BCUT2D eigenvalue weighted by Crippen LogP contribution is 2.24. The van der Waals surface area contributed by atoms with Crippen molar-refractivity contribution in [3.8, 4) is 5.75 Å². The van der Waals surface area contributed by atoms with Gasteiger partial charge in [-0.2, -0.15) is 0 Å². The summed E-state index contributed by atoms with van der Waals surface area (Å²) >= 11 is 0. The number of ether oxygens (including phenoxy) is 1. The number of hydrogen-bond acceptors (Lipinski definition) is 2. The molecular formula is C15H25NO. The van der Waals surface area contributed by atoms with Crippen molar-refractivity contribution in [3.63, 3.8) is 0 Å². The molecule has 0 aliphatic rings. The van der Waals surface area contributed by atoms with Gasteiger partial charge in [0.25, 0.3) is 0 Å². The summed E-state index contributed by atoms with van der Waals surface area (Å²) in [6.07, 6.45) is 3.40. The van der Waals surface area contributed by atoms with Crippen LogP contribution in [0.2, 0.25) is 0 Å².